The van der Waals surface area contributed by atoms with E-state index in [1.165, 1.54) is 12.8 Å². The molecule has 0 heterocycles. The van der Waals surface area contributed by atoms with Gasteiger partial charge in [-0.2, -0.15) is 0 Å². The fourth-order valence-electron chi connectivity index (χ4n) is 1.72. The average molecular weight is 283 g/mol. The van der Waals surface area contributed by atoms with E-state index in [4.69, 9.17) is 4.74 Å². The highest BCUT2D eigenvalue weighted by Gasteiger charge is 2.22. The Balaban J connectivity index is 2.07. The first-order chi connectivity index (χ1) is 7.70. The van der Waals surface area contributed by atoms with E-state index in [2.05, 4.69) is 15.9 Å². The van der Waals surface area contributed by atoms with Gasteiger partial charge in [0.15, 0.2) is 5.78 Å². The molecule has 1 fully saturated rings. The Morgan fingerprint density at radius 2 is 2.25 bits per heavy atom. The van der Waals surface area contributed by atoms with Crippen molar-refractivity contribution >= 4 is 21.7 Å². The first-order valence-corrected chi connectivity index (χ1v) is 6.36. The quantitative estimate of drug-likeness (QED) is 0.768. The SMILES string of the molecule is COc1ccc(Br)c(C(=O)CCC2CC2)c1. The molecule has 0 unspecified atom stereocenters. The Kier molecular flexibility index (Phi) is 3.64. The lowest BCUT2D eigenvalue weighted by Gasteiger charge is -2.06. The lowest BCUT2D eigenvalue weighted by Crippen LogP contribution is -2.01. The normalized spacial score (nSPS) is 14.9. The van der Waals surface area contributed by atoms with Gasteiger partial charge in [0, 0.05) is 16.5 Å². The molecule has 2 rings (SSSR count). The van der Waals surface area contributed by atoms with Crippen LogP contribution in [0, 0.1) is 5.92 Å². The standard InChI is InChI=1S/C13H15BrO2/c1-16-10-5-6-12(14)11(8-10)13(15)7-4-9-2-3-9/h5-6,8-9H,2-4,7H2,1H3. The summed E-state index contributed by atoms with van der Waals surface area (Å²) >= 11 is 3.41. The van der Waals surface area contributed by atoms with Crippen LogP contribution in [0.15, 0.2) is 22.7 Å². The van der Waals surface area contributed by atoms with E-state index in [0.717, 1.165) is 28.1 Å². The van der Waals surface area contributed by atoms with Crippen molar-refractivity contribution in [3.63, 3.8) is 0 Å². The van der Waals surface area contributed by atoms with E-state index >= 15 is 0 Å². The summed E-state index contributed by atoms with van der Waals surface area (Å²) in [6.07, 6.45) is 4.28. The van der Waals surface area contributed by atoms with Crippen molar-refractivity contribution in [2.75, 3.05) is 7.11 Å². The van der Waals surface area contributed by atoms with Gasteiger partial charge in [-0.3, -0.25) is 4.79 Å². The summed E-state index contributed by atoms with van der Waals surface area (Å²) in [6, 6.07) is 5.52. The largest absolute Gasteiger partial charge is 0.497 e. The molecule has 0 amide bonds. The lowest BCUT2D eigenvalue weighted by atomic mass is 10.0. The first-order valence-electron chi connectivity index (χ1n) is 5.57. The van der Waals surface area contributed by atoms with E-state index in [-0.39, 0.29) is 5.78 Å². The second kappa shape index (κ2) is 5.00. The minimum absolute atomic E-state index is 0.206. The summed E-state index contributed by atoms with van der Waals surface area (Å²) in [5, 5.41) is 0. The molecule has 1 saturated carbocycles. The van der Waals surface area contributed by atoms with Gasteiger partial charge < -0.3 is 4.74 Å². The van der Waals surface area contributed by atoms with Crippen molar-refractivity contribution < 1.29 is 9.53 Å². The van der Waals surface area contributed by atoms with Crippen LogP contribution in [0.1, 0.15) is 36.0 Å². The second-order valence-electron chi connectivity index (χ2n) is 4.25. The molecule has 0 aromatic heterocycles. The van der Waals surface area contributed by atoms with Crippen LogP contribution in [0.2, 0.25) is 0 Å². The van der Waals surface area contributed by atoms with Crippen LogP contribution in [0.4, 0.5) is 0 Å². The Hall–Kier alpha value is -0.830. The predicted molar refractivity (Wildman–Crippen MR) is 67.0 cm³/mol. The van der Waals surface area contributed by atoms with Gasteiger partial charge in [-0.1, -0.05) is 28.8 Å². The number of Topliss-reactive ketones (excluding diaryl/α,β-unsaturated/α-hetero) is 1. The molecule has 86 valence electrons. The van der Waals surface area contributed by atoms with Gasteiger partial charge in [-0.05, 0) is 30.5 Å². The molecule has 0 bridgehead atoms. The Morgan fingerprint density at radius 3 is 2.88 bits per heavy atom. The highest BCUT2D eigenvalue weighted by atomic mass is 79.9. The molecule has 0 radical (unpaired) electrons. The maximum Gasteiger partial charge on any atom is 0.164 e. The fraction of sp³-hybridized carbons (Fsp3) is 0.462. The fourth-order valence-corrected chi connectivity index (χ4v) is 2.19. The van der Waals surface area contributed by atoms with Gasteiger partial charge >= 0.3 is 0 Å². The number of hydrogen-bond acceptors (Lipinski definition) is 2. The topological polar surface area (TPSA) is 26.3 Å². The molecule has 1 aromatic rings. The first kappa shape index (κ1) is 11.6. The Labute approximate surface area is 104 Å². The van der Waals surface area contributed by atoms with Gasteiger partial charge in [0.05, 0.1) is 7.11 Å². The summed E-state index contributed by atoms with van der Waals surface area (Å²) in [7, 11) is 1.61. The third-order valence-electron chi connectivity index (χ3n) is 2.95. The molecule has 0 aliphatic heterocycles. The van der Waals surface area contributed by atoms with Crippen molar-refractivity contribution in [3.8, 4) is 5.75 Å². The number of carbonyl (C=O) groups is 1. The zero-order valence-electron chi connectivity index (χ0n) is 9.33. The van der Waals surface area contributed by atoms with Gasteiger partial charge in [0.1, 0.15) is 5.75 Å². The van der Waals surface area contributed by atoms with E-state index in [1.54, 1.807) is 13.2 Å². The van der Waals surface area contributed by atoms with Crippen LogP contribution in [-0.2, 0) is 0 Å². The molecule has 1 aliphatic carbocycles. The summed E-state index contributed by atoms with van der Waals surface area (Å²) < 4.78 is 5.98. The second-order valence-corrected chi connectivity index (χ2v) is 5.11. The molecule has 16 heavy (non-hydrogen) atoms. The third kappa shape index (κ3) is 2.85. The number of benzene rings is 1. The van der Waals surface area contributed by atoms with Crippen LogP contribution in [0.5, 0.6) is 5.75 Å². The molecular weight excluding hydrogens is 268 g/mol. The number of rotatable bonds is 5. The van der Waals surface area contributed by atoms with Gasteiger partial charge in [-0.25, -0.2) is 0 Å². The van der Waals surface area contributed by atoms with E-state index < -0.39 is 0 Å². The van der Waals surface area contributed by atoms with Crippen molar-refractivity contribution in [2.45, 2.75) is 25.7 Å². The van der Waals surface area contributed by atoms with Crippen LogP contribution in [0.25, 0.3) is 0 Å². The molecule has 1 aromatic carbocycles. The third-order valence-corrected chi connectivity index (χ3v) is 3.64. The maximum absolute atomic E-state index is 12.0. The van der Waals surface area contributed by atoms with Gasteiger partial charge in [0.2, 0.25) is 0 Å². The number of halogens is 1. The van der Waals surface area contributed by atoms with E-state index in [1.807, 2.05) is 12.1 Å². The molecule has 1 aliphatic rings. The summed E-state index contributed by atoms with van der Waals surface area (Å²) in [5.74, 6) is 1.74. The summed E-state index contributed by atoms with van der Waals surface area (Å²) in [6.45, 7) is 0. The molecule has 3 heteroatoms. The van der Waals surface area contributed by atoms with Crippen molar-refractivity contribution in [2.24, 2.45) is 5.92 Å². The summed E-state index contributed by atoms with van der Waals surface area (Å²) in [4.78, 5) is 12.0. The number of ether oxygens (including phenoxy) is 1. The number of carbonyl (C=O) groups excluding carboxylic acids is 1. The molecule has 0 N–H and O–H groups in total. The zero-order chi connectivity index (χ0) is 11.5. The smallest absolute Gasteiger partial charge is 0.164 e. The molecule has 0 spiro atoms. The summed E-state index contributed by atoms with van der Waals surface area (Å²) in [5.41, 5.74) is 0.736. The minimum atomic E-state index is 0.206. The maximum atomic E-state index is 12.0. The van der Waals surface area contributed by atoms with E-state index in [0.29, 0.717) is 6.42 Å². The van der Waals surface area contributed by atoms with Crippen molar-refractivity contribution in [1.82, 2.24) is 0 Å². The molecule has 0 atom stereocenters. The minimum Gasteiger partial charge on any atom is -0.497 e. The van der Waals surface area contributed by atoms with Gasteiger partial charge in [-0.15, -0.1) is 0 Å². The lowest BCUT2D eigenvalue weighted by molar-refractivity contribution is 0.0977. The monoisotopic (exact) mass is 282 g/mol. The van der Waals surface area contributed by atoms with Gasteiger partial charge in [0.25, 0.3) is 0 Å². The highest BCUT2D eigenvalue weighted by molar-refractivity contribution is 9.10. The highest BCUT2D eigenvalue weighted by Crippen LogP contribution is 2.34. The van der Waals surface area contributed by atoms with Crippen molar-refractivity contribution in [3.05, 3.63) is 28.2 Å². The predicted octanol–water partition coefficient (Wildman–Crippen LogP) is 3.83. The molecular formula is C13H15BrO2. The Bertz CT molecular complexity index is 397. The zero-order valence-corrected chi connectivity index (χ0v) is 10.9. The number of ketones is 1. The average Bonchev–Trinajstić information content (AvgIpc) is 3.10. The van der Waals surface area contributed by atoms with Crippen LogP contribution in [-0.4, -0.2) is 12.9 Å². The van der Waals surface area contributed by atoms with E-state index in [9.17, 15) is 4.79 Å². The van der Waals surface area contributed by atoms with Crippen LogP contribution < -0.4 is 4.74 Å². The van der Waals surface area contributed by atoms with Crippen LogP contribution in [0.3, 0.4) is 0 Å². The number of hydrogen-bond donors (Lipinski definition) is 0. The van der Waals surface area contributed by atoms with Crippen LogP contribution >= 0.6 is 15.9 Å². The molecule has 0 saturated heterocycles. The Morgan fingerprint density at radius 1 is 1.50 bits per heavy atom. The molecule has 2 nitrogen and oxygen atoms in total. The van der Waals surface area contributed by atoms with Crippen molar-refractivity contribution in [1.29, 1.82) is 0 Å². The number of methoxy groups -OCH3 is 1.